The summed E-state index contributed by atoms with van der Waals surface area (Å²) in [7, 11) is 0. The molecule has 4 rings (SSSR count). The van der Waals surface area contributed by atoms with Crippen molar-refractivity contribution in [3.8, 4) is 0 Å². The summed E-state index contributed by atoms with van der Waals surface area (Å²) < 4.78 is 0. The molecule has 4 saturated carbocycles. The third-order valence-electron chi connectivity index (χ3n) is 7.61. The van der Waals surface area contributed by atoms with Crippen molar-refractivity contribution in [3.05, 3.63) is 0 Å². The molecular formula is C20H34O. The SMILES string of the molecule is C1CC2CC1C1C3CCC(C3)C21.CCC(=O)C(C)(C)CC. The van der Waals surface area contributed by atoms with Gasteiger partial charge in [-0.15, -0.1) is 0 Å². The number of carbonyl (C=O) groups excluding carboxylic acids is 1. The molecule has 0 aromatic heterocycles. The van der Waals surface area contributed by atoms with Crippen LogP contribution >= 0.6 is 0 Å². The molecule has 0 radical (unpaired) electrons. The molecule has 0 aliphatic heterocycles. The van der Waals surface area contributed by atoms with Gasteiger partial charge in [0, 0.05) is 11.8 Å². The molecular weight excluding hydrogens is 256 g/mol. The van der Waals surface area contributed by atoms with Crippen molar-refractivity contribution in [2.24, 2.45) is 40.9 Å². The highest BCUT2D eigenvalue weighted by Crippen LogP contribution is 2.67. The van der Waals surface area contributed by atoms with Crippen LogP contribution < -0.4 is 0 Å². The first kappa shape index (κ1) is 15.6. The molecule has 4 bridgehead atoms. The smallest absolute Gasteiger partial charge is 0.138 e. The molecule has 0 aromatic rings. The van der Waals surface area contributed by atoms with Gasteiger partial charge in [0.05, 0.1) is 0 Å². The van der Waals surface area contributed by atoms with Gasteiger partial charge in [0.2, 0.25) is 0 Å². The Morgan fingerprint density at radius 1 is 0.857 bits per heavy atom. The summed E-state index contributed by atoms with van der Waals surface area (Å²) in [4.78, 5) is 11.1. The van der Waals surface area contributed by atoms with E-state index in [1.54, 1.807) is 38.5 Å². The second kappa shape index (κ2) is 5.70. The zero-order chi connectivity index (χ0) is 15.2. The molecule has 0 saturated heterocycles. The van der Waals surface area contributed by atoms with Gasteiger partial charge in [-0.2, -0.15) is 0 Å². The molecule has 1 heteroatoms. The van der Waals surface area contributed by atoms with Crippen LogP contribution in [0.15, 0.2) is 0 Å². The van der Waals surface area contributed by atoms with E-state index in [-0.39, 0.29) is 5.41 Å². The summed E-state index contributed by atoms with van der Waals surface area (Å²) in [6.07, 6.45) is 11.3. The number of rotatable bonds is 3. The standard InChI is InChI=1S/C12H18.C8H16O/c1-2-8-5-7(1)11-9-3-4-10(6-9)12(8)11;1-5-7(9)8(3,4)6-2/h7-12H,1-6H2;5-6H2,1-4H3. The number of Topliss-reactive ketones (excluding diaryl/α,β-unsaturated/α-hetero) is 1. The highest BCUT2D eigenvalue weighted by Gasteiger charge is 2.59. The Morgan fingerprint density at radius 3 is 1.48 bits per heavy atom. The minimum absolute atomic E-state index is 0.0885. The van der Waals surface area contributed by atoms with Gasteiger partial charge < -0.3 is 0 Å². The molecule has 0 aromatic carbocycles. The van der Waals surface area contributed by atoms with Crippen molar-refractivity contribution < 1.29 is 4.79 Å². The van der Waals surface area contributed by atoms with Gasteiger partial charge in [-0.3, -0.25) is 4.79 Å². The van der Waals surface area contributed by atoms with Crippen LogP contribution in [0.3, 0.4) is 0 Å². The maximum atomic E-state index is 11.1. The maximum absolute atomic E-state index is 11.1. The molecule has 4 atom stereocenters. The van der Waals surface area contributed by atoms with Crippen molar-refractivity contribution in [1.29, 1.82) is 0 Å². The predicted octanol–water partition coefficient (Wildman–Crippen LogP) is 5.48. The van der Waals surface area contributed by atoms with E-state index in [1.165, 1.54) is 35.5 Å². The second-order valence-corrected chi connectivity index (χ2v) is 8.84. The number of ketones is 1. The minimum atomic E-state index is -0.0885. The zero-order valence-corrected chi connectivity index (χ0v) is 14.5. The molecule has 0 heterocycles. The topological polar surface area (TPSA) is 17.1 Å². The van der Waals surface area contributed by atoms with Crippen molar-refractivity contribution in [2.45, 2.75) is 79.1 Å². The summed E-state index contributed by atoms with van der Waals surface area (Å²) in [6.45, 7) is 7.96. The molecule has 1 nitrogen and oxygen atoms in total. The Bertz CT molecular complexity index is 353. The fourth-order valence-electron chi connectivity index (χ4n) is 6.21. The quantitative estimate of drug-likeness (QED) is 0.629. The molecule has 0 N–H and O–H groups in total. The molecule has 4 fully saturated rings. The number of hydrogen-bond acceptors (Lipinski definition) is 1. The largest absolute Gasteiger partial charge is 0.299 e. The third-order valence-corrected chi connectivity index (χ3v) is 7.61. The van der Waals surface area contributed by atoms with E-state index in [0.717, 1.165) is 6.42 Å². The molecule has 120 valence electrons. The van der Waals surface area contributed by atoms with Crippen LogP contribution in [0.2, 0.25) is 0 Å². The summed E-state index contributed by atoms with van der Waals surface area (Å²) >= 11 is 0. The average Bonchev–Trinajstić information content (AvgIpc) is 3.24. The Balaban J connectivity index is 0.000000134. The normalized spacial score (nSPS) is 42.7. The van der Waals surface area contributed by atoms with Crippen LogP contribution in [-0.2, 0) is 4.79 Å². The highest BCUT2D eigenvalue weighted by molar-refractivity contribution is 5.83. The number of fused-ring (bicyclic) bond motifs is 9. The van der Waals surface area contributed by atoms with E-state index in [0.29, 0.717) is 12.2 Å². The van der Waals surface area contributed by atoms with Gasteiger partial charge >= 0.3 is 0 Å². The van der Waals surface area contributed by atoms with Crippen LogP contribution in [0.25, 0.3) is 0 Å². The van der Waals surface area contributed by atoms with E-state index < -0.39 is 0 Å². The van der Waals surface area contributed by atoms with Gasteiger partial charge in [0.15, 0.2) is 0 Å². The van der Waals surface area contributed by atoms with E-state index in [4.69, 9.17) is 0 Å². The molecule has 0 spiro atoms. The van der Waals surface area contributed by atoms with Crippen LogP contribution in [-0.4, -0.2) is 5.78 Å². The molecule has 4 unspecified atom stereocenters. The van der Waals surface area contributed by atoms with Crippen LogP contribution in [0.1, 0.15) is 79.1 Å². The fraction of sp³-hybridized carbons (Fsp3) is 0.950. The summed E-state index contributed by atoms with van der Waals surface area (Å²) in [6, 6.07) is 0. The second-order valence-electron chi connectivity index (χ2n) is 8.84. The van der Waals surface area contributed by atoms with Crippen molar-refractivity contribution in [3.63, 3.8) is 0 Å². The first-order chi connectivity index (χ1) is 9.97. The lowest BCUT2D eigenvalue weighted by molar-refractivity contribution is -0.126. The predicted molar refractivity (Wildman–Crippen MR) is 88.0 cm³/mol. The molecule has 4 aliphatic rings. The van der Waals surface area contributed by atoms with E-state index in [9.17, 15) is 4.79 Å². The van der Waals surface area contributed by atoms with Crippen LogP contribution in [0.4, 0.5) is 0 Å². The Labute approximate surface area is 131 Å². The van der Waals surface area contributed by atoms with E-state index >= 15 is 0 Å². The van der Waals surface area contributed by atoms with Crippen molar-refractivity contribution >= 4 is 5.78 Å². The van der Waals surface area contributed by atoms with Crippen LogP contribution in [0.5, 0.6) is 0 Å². The highest BCUT2D eigenvalue weighted by atomic mass is 16.1. The Kier molecular flexibility index (Phi) is 4.23. The fourth-order valence-corrected chi connectivity index (χ4v) is 6.21. The summed E-state index contributed by atoms with van der Waals surface area (Å²) in [5, 5.41) is 0. The Hall–Kier alpha value is -0.330. The van der Waals surface area contributed by atoms with Gasteiger partial charge in [0.25, 0.3) is 0 Å². The average molecular weight is 290 g/mol. The maximum Gasteiger partial charge on any atom is 0.138 e. The number of carbonyl (C=O) groups is 1. The first-order valence-corrected chi connectivity index (χ1v) is 9.51. The van der Waals surface area contributed by atoms with Gasteiger partial charge in [-0.05, 0) is 80.5 Å². The number of hydrogen-bond donors (Lipinski definition) is 0. The van der Waals surface area contributed by atoms with Crippen molar-refractivity contribution in [2.75, 3.05) is 0 Å². The van der Waals surface area contributed by atoms with Gasteiger partial charge in [-0.1, -0.05) is 27.7 Å². The first-order valence-electron chi connectivity index (χ1n) is 9.51. The summed E-state index contributed by atoms with van der Waals surface area (Å²) in [5.41, 5.74) is -0.0885. The zero-order valence-electron chi connectivity index (χ0n) is 14.5. The van der Waals surface area contributed by atoms with E-state index in [1.807, 2.05) is 27.7 Å². The molecule has 0 amide bonds. The monoisotopic (exact) mass is 290 g/mol. The van der Waals surface area contributed by atoms with E-state index in [2.05, 4.69) is 0 Å². The van der Waals surface area contributed by atoms with Gasteiger partial charge in [0.1, 0.15) is 5.78 Å². The van der Waals surface area contributed by atoms with Crippen molar-refractivity contribution in [1.82, 2.24) is 0 Å². The van der Waals surface area contributed by atoms with Gasteiger partial charge in [-0.25, -0.2) is 0 Å². The lowest BCUT2D eigenvalue weighted by Crippen LogP contribution is -2.27. The lowest BCUT2D eigenvalue weighted by atomic mass is 9.71. The molecule has 4 aliphatic carbocycles. The summed E-state index contributed by atoms with van der Waals surface area (Å²) in [5.74, 6) is 7.66. The lowest BCUT2D eigenvalue weighted by Gasteiger charge is -2.34. The Morgan fingerprint density at radius 2 is 1.24 bits per heavy atom. The molecule has 21 heavy (non-hydrogen) atoms. The van der Waals surface area contributed by atoms with Crippen LogP contribution in [0, 0.1) is 40.9 Å². The minimum Gasteiger partial charge on any atom is -0.299 e. The third kappa shape index (κ3) is 2.59.